The molecule has 162 valence electrons. The molecule has 0 aliphatic carbocycles. The number of anilines is 2. The van der Waals surface area contributed by atoms with Gasteiger partial charge in [-0.2, -0.15) is 0 Å². The minimum absolute atomic E-state index is 0.280. The lowest BCUT2D eigenvalue weighted by molar-refractivity contribution is 0.0527. The van der Waals surface area contributed by atoms with E-state index in [0.717, 1.165) is 22.4 Å². The molecular weight excluding hydrogens is 404 g/mol. The van der Waals surface area contributed by atoms with Gasteiger partial charge >= 0.3 is 5.97 Å². The lowest BCUT2D eigenvalue weighted by Gasteiger charge is -2.15. The highest BCUT2D eigenvalue weighted by Crippen LogP contribution is 2.34. The summed E-state index contributed by atoms with van der Waals surface area (Å²) in [4.78, 5) is 17.0. The second-order valence-electron chi connectivity index (χ2n) is 7.05. The standard InChI is InChI=1S/C26H24N2O4/c1-3-31-26(29)22-16-27-25-21(10-7-11-23(25)30-2)24(22)28-19-12-14-20(15-13-19)32-17-18-8-5-4-6-9-18/h4-16H,3,17H2,1-2H3,(H,27,28). The Hall–Kier alpha value is -4.06. The van der Waals surface area contributed by atoms with Crippen LogP contribution in [0.15, 0.2) is 79.0 Å². The lowest BCUT2D eigenvalue weighted by Crippen LogP contribution is -2.09. The zero-order chi connectivity index (χ0) is 22.3. The normalized spacial score (nSPS) is 10.6. The fourth-order valence-electron chi connectivity index (χ4n) is 3.38. The predicted octanol–water partition coefficient (Wildman–Crippen LogP) is 5.74. The Kier molecular flexibility index (Phi) is 6.51. The summed E-state index contributed by atoms with van der Waals surface area (Å²) in [5.74, 6) is 0.951. The number of hydrogen-bond donors (Lipinski definition) is 1. The van der Waals surface area contributed by atoms with Crippen molar-refractivity contribution in [3.05, 3.63) is 90.1 Å². The van der Waals surface area contributed by atoms with Crippen LogP contribution in [-0.2, 0) is 11.3 Å². The van der Waals surface area contributed by atoms with Crippen LogP contribution in [0.1, 0.15) is 22.8 Å². The molecule has 0 amide bonds. The highest BCUT2D eigenvalue weighted by Gasteiger charge is 2.18. The van der Waals surface area contributed by atoms with Crippen LogP contribution in [0.25, 0.3) is 10.9 Å². The van der Waals surface area contributed by atoms with Crippen molar-refractivity contribution >= 4 is 28.2 Å². The van der Waals surface area contributed by atoms with Crippen LogP contribution in [0.2, 0.25) is 0 Å². The Morgan fingerprint density at radius 2 is 1.75 bits per heavy atom. The minimum atomic E-state index is -0.435. The lowest BCUT2D eigenvalue weighted by atomic mass is 10.1. The summed E-state index contributed by atoms with van der Waals surface area (Å²) in [5, 5.41) is 4.12. The molecule has 0 aliphatic heterocycles. The van der Waals surface area contributed by atoms with Gasteiger partial charge in [-0.3, -0.25) is 4.98 Å². The molecule has 0 saturated heterocycles. The highest BCUT2D eigenvalue weighted by molar-refractivity contribution is 6.07. The Morgan fingerprint density at radius 3 is 2.47 bits per heavy atom. The summed E-state index contributed by atoms with van der Waals surface area (Å²) in [6.45, 7) is 2.55. The number of nitrogens with one attached hydrogen (secondary N) is 1. The summed E-state index contributed by atoms with van der Waals surface area (Å²) < 4.78 is 16.5. The van der Waals surface area contributed by atoms with Crippen LogP contribution < -0.4 is 14.8 Å². The fourth-order valence-corrected chi connectivity index (χ4v) is 3.38. The molecular formula is C26H24N2O4. The van der Waals surface area contributed by atoms with E-state index < -0.39 is 5.97 Å². The number of fused-ring (bicyclic) bond motifs is 1. The van der Waals surface area contributed by atoms with E-state index in [1.54, 1.807) is 14.0 Å². The van der Waals surface area contributed by atoms with Gasteiger partial charge in [-0.1, -0.05) is 42.5 Å². The highest BCUT2D eigenvalue weighted by atomic mass is 16.5. The van der Waals surface area contributed by atoms with Crippen molar-refractivity contribution in [2.24, 2.45) is 0 Å². The molecule has 1 heterocycles. The van der Waals surface area contributed by atoms with Crippen LogP contribution in [0.4, 0.5) is 11.4 Å². The Morgan fingerprint density at radius 1 is 0.969 bits per heavy atom. The van der Waals surface area contributed by atoms with Gasteiger partial charge in [-0.25, -0.2) is 4.79 Å². The SMILES string of the molecule is CCOC(=O)c1cnc2c(OC)cccc2c1Nc1ccc(OCc2ccccc2)cc1. The average Bonchev–Trinajstić information content (AvgIpc) is 2.84. The molecule has 0 spiro atoms. The van der Waals surface area contributed by atoms with Gasteiger partial charge in [-0.05, 0) is 42.8 Å². The topological polar surface area (TPSA) is 69.7 Å². The average molecular weight is 428 g/mol. The number of pyridine rings is 1. The predicted molar refractivity (Wildman–Crippen MR) is 125 cm³/mol. The van der Waals surface area contributed by atoms with E-state index in [4.69, 9.17) is 14.2 Å². The number of methoxy groups -OCH3 is 1. The van der Waals surface area contributed by atoms with E-state index in [2.05, 4.69) is 10.3 Å². The molecule has 3 aromatic carbocycles. The van der Waals surface area contributed by atoms with Crippen molar-refractivity contribution < 1.29 is 19.0 Å². The summed E-state index contributed by atoms with van der Waals surface area (Å²) in [5.41, 5.74) is 3.54. The molecule has 0 aliphatic rings. The van der Waals surface area contributed by atoms with Gasteiger partial charge in [0.05, 0.1) is 19.4 Å². The van der Waals surface area contributed by atoms with Gasteiger partial charge in [0.25, 0.3) is 0 Å². The van der Waals surface area contributed by atoms with Gasteiger partial charge < -0.3 is 19.5 Å². The van der Waals surface area contributed by atoms with E-state index in [1.165, 1.54) is 6.20 Å². The number of para-hydroxylation sites is 1. The first kappa shape index (κ1) is 21.2. The molecule has 6 heteroatoms. The third kappa shape index (κ3) is 4.64. The summed E-state index contributed by atoms with van der Waals surface area (Å²) in [6.07, 6.45) is 1.52. The summed E-state index contributed by atoms with van der Waals surface area (Å²) in [6, 6.07) is 23.2. The smallest absolute Gasteiger partial charge is 0.341 e. The maximum Gasteiger partial charge on any atom is 0.341 e. The fraction of sp³-hybridized carbons (Fsp3) is 0.154. The Bertz CT molecular complexity index is 1210. The van der Waals surface area contributed by atoms with Gasteiger partial charge in [0, 0.05) is 17.3 Å². The number of hydrogen-bond acceptors (Lipinski definition) is 6. The molecule has 0 bridgehead atoms. The first-order valence-electron chi connectivity index (χ1n) is 10.4. The monoisotopic (exact) mass is 428 g/mol. The Labute approximate surface area is 186 Å². The third-order valence-corrected chi connectivity index (χ3v) is 4.95. The number of aromatic nitrogens is 1. The number of benzene rings is 3. The number of esters is 1. The van der Waals surface area contributed by atoms with E-state index in [-0.39, 0.29) is 6.61 Å². The van der Waals surface area contributed by atoms with Crippen LogP contribution in [0.3, 0.4) is 0 Å². The van der Waals surface area contributed by atoms with Crippen molar-refractivity contribution in [2.45, 2.75) is 13.5 Å². The quantitative estimate of drug-likeness (QED) is 0.361. The molecule has 1 N–H and O–H groups in total. The van der Waals surface area contributed by atoms with E-state index in [9.17, 15) is 4.79 Å². The first-order chi connectivity index (χ1) is 15.7. The van der Waals surface area contributed by atoms with Crippen LogP contribution >= 0.6 is 0 Å². The third-order valence-electron chi connectivity index (χ3n) is 4.95. The second kappa shape index (κ2) is 9.83. The van der Waals surface area contributed by atoms with E-state index in [0.29, 0.717) is 29.1 Å². The van der Waals surface area contributed by atoms with Crippen molar-refractivity contribution in [1.29, 1.82) is 0 Å². The molecule has 0 saturated carbocycles. The number of rotatable bonds is 8. The minimum Gasteiger partial charge on any atom is -0.494 e. The van der Waals surface area contributed by atoms with E-state index in [1.807, 2.05) is 72.8 Å². The molecule has 1 aromatic heterocycles. The van der Waals surface area contributed by atoms with Crippen LogP contribution in [0.5, 0.6) is 11.5 Å². The summed E-state index contributed by atoms with van der Waals surface area (Å²) in [7, 11) is 1.59. The molecule has 0 fully saturated rings. The molecule has 32 heavy (non-hydrogen) atoms. The van der Waals surface area contributed by atoms with Crippen molar-refractivity contribution in [2.75, 3.05) is 19.0 Å². The second-order valence-corrected chi connectivity index (χ2v) is 7.05. The molecule has 0 radical (unpaired) electrons. The number of carbonyl (C=O) groups is 1. The van der Waals surface area contributed by atoms with E-state index >= 15 is 0 Å². The maximum absolute atomic E-state index is 12.6. The van der Waals surface area contributed by atoms with Crippen molar-refractivity contribution in [3.8, 4) is 11.5 Å². The largest absolute Gasteiger partial charge is 0.494 e. The zero-order valence-corrected chi connectivity index (χ0v) is 18.0. The van der Waals surface area contributed by atoms with Gasteiger partial charge in [0.15, 0.2) is 0 Å². The van der Waals surface area contributed by atoms with Gasteiger partial charge in [0.2, 0.25) is 0 Å². The van der Waals surface area contributed by atoms with Crippen molar-refractivity contribution in [1.82, 2.24) is 4.98 Å². The van der Waals surface area contributed by atoms with Crippen LogP contribution in [-0.4, -0.2) is 24.7 Å². The van der Waals surface area contributed by atoms with Gasteiger partial charge in [-0.15, -0.1) is 0 Å². The zero-order valence-electron chi connectivity index (χ0n) is 18.0. The summed E-state index contributed by atoms with van der Waals surface area (Å²) >= 11 is 0. The molecule has 0 unspecified atom stereocenters. The van der Waals surface area contributed by atoms with Crippen molar-refractivity contribution in [3.63, 3.8) is 0 Å². The molecule has 4 rings (SSSR count). The van der Waals surface area contributed by atoms with Crippen LogP contribution in [0, 0.1) is 0 Å². The van der Waals surface area contributed by atoms with Gasteiger partial charge in [0.1, 0.15) is 29.2 Å². The Balaban J connectivity index is 1.62. The molecule has 6 nitrogen and oxygen atoms in total. The molecule has 0 atom stereocenters. The number of ether oxygens (including phenoxy) is 3. The number of nitrogens with zero attached hydrogens (tertiary/aromatic N) is 1. The maximum atomic E-state index is 12.6. The molecule has 4 aromatic rings. The first-order valence-corrected chi connectivity index (χ1v) is 10.4. The number of carbonyl (C=O) groups excluding carboxylic acids is 1.